The van der Waals surface area contributed by atoms with Crippen LogP contribution in [0, 0.1) is 12.7 Å². The molecule has 0 aliphatic rings. The average Bonchev–Trinajstić information content (AvgIpc) is 2.26. The summed E-state index contributed by atoms with van der Waals surface area (Å²) in [5.74, 6) is -0.0835. The SMILES string of the molecule is CC.Cc1cc(O)cc2ccc(F)c(Br)c12. The molecule has 86 valence electrons. The fourth-order valence-corrected chi connectivity index (χ4v) is 2.26. The standard InChI is InChI=1S/C11H8BrFO.C2H6/c1-6-4-8(14)5-7-2-3-9(13)11(12)10(6)7;1-2/h2-5,14H,1H3;1-2H3. The van der Waals surface area contributed by atoms with Crippen LogP contribution >= 0.6 is 15.9 Å². The molecule has 0 aliphatic carbocycles. The highest BCUT2D eigenvalue weighted by atomic mass is 79.9. The maximum absolute atomic E-state index is 13.2. The molecule has 0 aliphatic heterocycles. The fourth-order valence-electron chi connectivity index (χ4n) is 1.58. The minimum Gasteiger partial charge on any atom is -0.508 e. The molecular weight excluding hydrogens is 271 g/mol. The van der Waals surface area contributed by atoms with Crippen molar-refractivity contribution in [2.75, 3.05) is 0 Å². The summed E-state index contributed by atoms with van der Waals surface area (Å²) in [6, 6.07) is 6.27. The van der Waals surface area contributed by atoms with Crippen LogP contribution in [0.5, 0.6) is 5.75 Å². The van der Waals surface area contributed by atoms with Crippen LogP contribution in [0.1, 0.15) is 19.4 Å². The number of fused-ring (bicyclic) bond motifs is 1. The molecule has 2 aromatic rings. The van der Waals surface area contributed by atoms with E-state index in [1.165, 1.54) is 6.07 Å². The van der Waals surface area contributed by atoms with Crippen molar-refractivity contribution >= 4 is 26.7 Å². The maximum Gasteiger partial charge on any atom is 0.138 e. The first-order valence-corrected chi connectivity index (χ1v) is 5.96. The van der Waals surface area contributed by atoms with E-state index in [-0.39, 0.29) is 11.6 Å². The van der Waals surface area contributed by atoms with Crippen molar-refractivity contribution in [1.82, 2.24) is 0 Å². The molecule has 2 rings (SSSR count). The van der Waals surface area contributed by atoms with Gasteiger partial charge in [-0.1, -0.05) is 19.9 Å². The van der Waals surface area contributed by atoms with Gasteiger partial charge < -0.3 is 5.11 Å². The second-order valence-corrected chi connectivity index (χ2v) is 4.02. The van der Waals surface area contributed by atoms with Crippen molar-refractivity contribution in [1.29, 1.82) is 0 Å². The molecule has 0 atom stereocenters. The minimum atomic E-state index is -0.286. The zero-order chi connectivity index (χ0) is 12.3. The summed E-state index contributed by atoms with van der Waals surface area (Å²) < 4.78 is 13.7. The highest BCUT2D eigenvalue weighted by Crippen LogP contribution is 2.32. The highest BCUT2D eigenvalue weighted by Gasteiger charge is 2.07. The molecule has 0 spiro atoms. The molecule has 0 saturated heterocycles. The largest absolute Gasteiger partial charge is 0.508 e. The van der Waals surface area contributed by atoms with Crippen LogP contribution < -0.4 is 0 Å². The Morgan fingerprint density at radius 2 is 1.81 bits per heavy atom. The number of hydrogen-bond acceptors (Lipinski definition) is 1. The van der Waals surface area contributed by atoms with Crippen LogP contribution in [-0.4, -0.2) is 5.11 Å². The molecule has 0 heterocycles. The van der Waals surface area contributed by atoms with Gasteiger partial charge in [0.2, 0.25) is 0 Å². The Morgan fingerprint density at radius 3 is 2.44 bits per heavy atom. The summed E-state index contributed by atoms with van der Waals surface area (Å²) in [6.07, 6.45) is 0. The molecule has 0 saturated carbocycles. The van der Waals surface area contributed by atoms with Crippen LogP contribution in [0.15, 0.2) is 28.7 Å². The fraction of sp³-hybridized carbons (Fsp3) is 0.231. The van der Waals surface area contributed by atoms with Gasteiger partial charge in [0.15, 0.2) is 0 Å². The van der Waals surface area contributed by atoms with Crippen LogP contribution in [0.2, 0.25) is 0 Å². The predicted octanol–water partition coefficient (Wildman–Crippen LogP) is 4.78. The first kappa shape index (κ1) is 13.0. The summed E-state index contributed by atoms with van der Waals surface area (Å²) in [5.41, 5.74) is 0.853. The third kappa shape index (κ3) is 2.35. The van der Waals surface area contributed by atoms with Crippen molar-refractivity contribution in [2.45, 2.75) is 20.8 Å². The number of aryl methyl sites for hydroxylation is 1. The Bertz CT molecular complexity index is 509. The van der Waals surface area contributed by atoms with E-state index < -0.39 is 0 Å². The molecule has 2 aromatic carbocycles. The summed E-state index contributed by atoms with van der Waals surface area (Å²) >= 11 is 3.20. The lowest BCUT2D eigenvalue weighted by molar-refractivity contribution is 0.476. The Hall–Kier alpha value is -1.09. The topological polar surface area (TPSA) is 20.2 Å². The lowest BCUT2D eigenvalue weighted by Gasteiger charge is -2.06. The van der Waals surface area contributed by atoms with Crippen molar-refractivity contribution in [3.8, 4) is 5.75 Å². The van der Waals surface area contributed by atoms with Gasteiger partial charge in [-0.15, -0.1) is 0 Å². The van der Waals surface area contributed by atoms with Crippen LogP contribution in [0.25, 0.3) is 10.8 Å². The molecule has 0 radical (unpaired) electrons. The zero-order valence-corrected chi connectivity index (χ0v) is 11.1. The molecular formula is C13H14BrFO. The lowest BCUT2D eigenvalue weighted by atomic mass is 10.1. The van der Waals surface area contributed by atoms with Crippen molar-refractivity contribution < 1.29 is 9.50 Å². The molecule has 3 heteroatoms. The van der Waals surface area contributed by atoms with Gasteiger partial charge in [-0.3, -0.25) is 0 Å². The molecule has 16 heavy (non-hydrogen) atoms. The molecule has 1 nitrogen and oxygen atoms in total. The summed E-state index contributed by atoms with van der Waals surface area (Å²) in [7, 11) is 0. The van der Waals surface area contributed by atoms with E-state index in [1.807, 2.05) is 20.8 Å². The Labute approximate surface area is 103 Å². The van der Waals surface area contributed by atoms with E-state index in [0.29, 0.717) is 4.47 Å². The third-order valence-corrected chi connectivity index (χ3v) is 2.96. The van der Waals surface area contributed by atoms with Gasteiger partial charge >= 0.3 is 0 Å². The first-order valence-electron chi connectivity index (χ1n) is 5.17. The lowest BCUT2D eigenvalue weighted by Crippen LogP contribution is -1.84. The highest BCUT2D eigenvalue weighted by molar-refractivity contribution is 9.10. The second-order valence-electron chi connectivity index (χ2n) is 3.22. The van der Waals surface area contributed by atoms with Gasteiger partial charge in [-0.2, -0.15) is 0 Å². The average molecular weight is 285 g/mol. The second kappa shape index (κ2) is 5.30. The number of phenolic OH excluding ortho intramolecular Hbond substituents is 1. The van der Waals surface area contributed by atoms with Crippen molar-refractivity contribution in [3.63, 3.8) is 0 Å². The number of benzene rings is 2. The minimum absolute atomic E-state index is 0.202. The van der Waals surface area contributed by atoms with Gasteiger partial charge in [0.1, 0.15) is 11.6 Å². The summed E-state index contributed by atoms with van der Waals surface area (Å²) in [6.45, 7) is 5.84. The molecule has 0 amide bonds. The van der Waals surface area contributed by atoms with Gasteiger partial charge in [-0.05, 0) is 52.0 Å². The molecule has 0 unspecified atom stereocenters. The molecule has 1 N–H and O–H groups in total. The van der Waals surface area contributed by atoms with E-state index in [1.54, 1.807) is 18.2 Å². The van der Waals surface area contributed by atoms with E-state index in [9.17, 15) is 9.50 Å². The Kier molecular flexibility index (Phi) is 4.30. The monoisotopic (exact) mass is 284 g/mol. The first-order chi connectivity index (χ1) is 7.59. The third-order valence-electron chi connectivity index (χ3n) is 2.19. The zero-order valence-electron chi connectivity index (χ0n) is 9.51. The smallest absolute Gasteiger partial charge is 0.138 e. The number of aromatic hydroxyl groups is 1. The van der Waals surface area contributed by atoms with Gasteiger partial charge in [0, 0.05) is 5.39 Å². The quantitative estimate of drug-likeness (QED) is 0.738. The van der Waals surface area contributed by atoms with E-state index in [2.05, 4.69) is 15.9 Å². The Morgan fingerprint density at radius 1 is 1.19 bits per heavy atom. The number of rotatable bonds is 0. The van der Waals surface area contributed by atoms with E-state index >= 15 is 0 Å². The van der Waals surface area contributed by atoms with Gasteiger partial charge in [0.05, 0.1) is 4.47 Å². The van der Waals surface area contributed by atoms with Crippen molar-refractivity contribution in [3.05, 3.63) is 40.1 Å². The van der Waals surface area contributed by atoms with E-state index in [4.69, 9.17) is 0 Å². The summed E-state index contributed by atoms with van der Waals surface area (Å²) in [5, 5.41) is 11.0. The normalized spacial score (nSPS) is 9.81. The van der Waals surface area contributed by atoms with Gasteiger partial charge in [0.25, 0.3) is 0 Å². The number of halogens is 2. The number of phenols is 1. The van der Waals surface area contributed by atoms with Crippen LogP contribution in [0.3, 0.4) is 0 Å². The summed E-state index contributed by atoms with van der Waals surface area (Å²) in [4.78, 5) is 0. The van der Waals surface area contributed by atoms with E-state index in [0.717, 1.165) is 16.3 Å². The predicted molar refractivity (Wildman–Crippen MR) is 69.4 cm³/mol. The molecule has 0 fully saturated rings. The molecule has 0 bridgehead atoms. The number of hydrogen-bond donors (Lipinski definition) is 1. The Balaban J connectivity index is 0.000000606. The van der Waals surface area contributed by atoms with Crippen LogP contribution in [0.4, 0.5) is 4.39 Å². The van der Waals surface area contributed by atoms with Gasteiger partial charge in [-0.25, -0.2) is 4.39 Å². The van der Waals surface area contributed by atoms with Crippen molar-refractivity contribution in [2.24, 2.45) is 0 Å². The molecule has 0 aromatic heterocycles. The maximum atomic E-state index is 13.2. The van der Waals surface area contributed by atoms with Crippen LogP contribution in [-0.2, 0) is 0 Å².